The summed E-state index contributed by atoms with van der Waals surface area (Å²) in [4.78, 5) is 39.2. The Morgan fingerprint density at radius 2 is 1.57 bits per heavy atom. The Kier molecular flexibility index (Phi) is 8.00. The van der Waals surface area contributed by atoms with Gasteiger partial charge in [0.2, 0.25) is 0 Å². The average molecular weight is 432 g/mol. The molecule has 0 saturated carbocycles. The van der Waals surface area contributed by atoms with Crippen molar-refractivity contribution in [3.63, 3.8) is 0 Å². The number of carbonyl (C=O) groups is 3. The van der Waals surface area contributed by atoms with Crippen LogP contribution in [0.3, 0.4) is 0 Å². The lowest BCUT2D eigenvalue weighted by Crippen LogP contribution is -2.61. The smallest absolute Gasteiger partial charge is 0.332 e. The van der Waals surface area contributed by atoms with E-state index in [0.29, 0.717) is 16.1 Å². The minimum Gasteiger partial charge on any atom is -0.468 e. The maximum atomic E-state index is 13.2. The molecular weight excluding hydrogens is 406 g/mol. The molecule has 2 rings (SSSR count). The van der Waals surface area contributed by atoms with Crippen LogP contribution in [0.1, 0.15) is 42.1 Å². The molecule has 0 fully saturated rings. The SMILES string of the molecule is COC(=O)[C@H](c1ccc(Cl)cc1)[C@@](CC(C)C)(NC(=O)c1ccccc1)C(=O)OC. The van der Waals surface area contributed by atoms with Crippen LogP contribution in [0.5, 0.6) is 0 Å². The first-order chi connectivity index (χ1) is 14.2. The van der Waals surface area contributed by atoms with E-state index >= 15 is 0 Å². The second-order valence-corrected chi connectivity index (χ2v) is 7.83. The number of rotatable bonds is 8. The van der Waals surface area contributed by atoms with E-state index in [9.17, 15) is 14.4 Å². The van der Waals surface area contributed by atoms with E-state index in [-0.39, 0.29) is 12.3 Å². The molecule has 0 aliphatic rings. The fourth-order valence-corrected chi connectivity index (χ4v) is 3.70. The Morgan fingerprint density at radius 1 is 0.967 bits per heavy atom. The Labute approximate surface area is 181 Å². The van der Waals surface area contributed by atoms with Gasteiger partial charge in [-0.3, -0.25) is 9.59 Å². The van der Waals surface area contributed by atoms with Crippen LogP contribution in [-0.4, -0.2) is 37.6 Å². The number of esters is 2. The van der Waals surface area contributed by atoms with Gasteiger partial charge in [-0.1, -0.05) is 55.8 Å². The lowest BCUT2D eigenvalue weighted by Gasteiger charge is -2.39. The van der Waals surface area contributed by atoms with Crippen molar-refractivity contribution in [2.24, 2.45) is 5.92 Å². The zero-order valence-corrected chi connectivity index (χ0v) is 18.2. The monoisotopic (exact) mass is 431 g/mol. The van der Waals surface area contributed by atoms with Crippen LogP contribution in [0.4, 0.5) is 0 Å². The third-order valence-electron chi connectivity index (χ3n) is 4.79. The Bertz CT molecular complexity index is 882. The minimum absolute atomic E-state index is 0.0559. The standard InChI is InChI=1S/C23H26ClNO5/c1-15(2)14-23(22(28)30-4,25-20(26)17-8-6-5-7-9-17)19(21(27)29-3)16-10-12-18(24)13-11-16/h5-13,15,19H,14H2,1-4H3,(H,25,26)/t19-,23+/m0/s1. The van der Waals surface area contributed by atoms with Crippen molar-refractivity contribution < 1.29 is 23.9 Å². The van der Waals surface area contributed by atoms with Crippen molar-refractivity contribution in [1.29, 1.82) is 0 Å². The number of ether oxygens (including phenoxy) is 2. The highest BCUT2D eigenvalue weighted by Crippen LogP contribution is 2.37. The van der Waals surface area contributed by atoms with Gasteiger partial charge in [-0.15, -0.1) is 0 Å². The normalized spacial score (nSPS) is 13.8. The van der Waals surface area contributed by atoms with Crippen molar-refractivity contribution in [1.82, 2.24) is 5.32 Å². The predicted octanol–water partition coefficient (Wildman–Crippen LogP) is 3.98. The van der Waals surface area contributed by atoms with Gasteiger partial charge in [0.05, 0.1) is 14.2 Å². The van der Waals surface area contributed by atoms with E-state index < -0.39 is 29.3 Å². The highest BCUT2D eigenvalue weighted by atomic mass is 35.5. The molecule has 0 unspecified atom stereocenters. The molecule has 160 valence electrons. The molecule has 0 aromatic heterocycles. The van der Waals surface area contributed by atoms with Crippen molar-refractivity contribution >= 4 is 29.4 Å². The predicted molar refractivity (Wildman–Crippen MR) is 114 cm³/mol. The molecule has 6 nitrogen and oxygen atoms in total. The first-order valence-electron chi connectivity index (χ1n) is 9.54. The molecule has 30 heavy (non-hydrogen) atoms. The summed E-state index contributed by atoms with van der Waals surface area (Å²) in [6, 6.07) is 15.0. The summed E-state index contributed by atoms with van der Waals surface area (Å²) in [5.41, 5.74) is -0.851. The first kappa shape index (κ1) is 23.4. The van der Waals surface area contributed by atoms with Gasteiger partial charge in [0.1, 0.15) is 5.92 Å². The maximum absolute atomic E-state index is 13.2. The molecule has 7 heteroatoms. The van der Waals surface area contributed by atoms with Gasteiger partial charge < -0.3 is 14.8 Å². The quantitative estimate of drug-likeness (QED) is 0.639. The molecule has 0 bridgehead atoms. The van der Waals surface area contributed by atoms with Crippen molar-refractivity contribution in [3.05, 3.63) is 70.7 Å². The summed E-state index contributed by atoms with van der Waals surface area (Å²) in [7, 11) is 2.46. The number of nitrogens with one attached hydrogen (secondary N) is 1. The zero-order valence-electron chi connectivity index (χ0n) is 17.5. The van der Waals surface area contributed by atoms with E-state index in [4.69, 9.17) is 21.1 Å². The second-order valence-electron chi connectivity index (χ2n) is 7.39. The van der Waals surface area contributed by atoms with Gasteiger partial charge in [0, 0.05) is 10.6 Å². The van der Waals surface area contributed by atoms with Crippen LogP contribution in [0.15, 0.2) is 54.6 Å². The van der Waals surface area contributed by atoms with Crippen molar-refractivity contribution in [2.45, 2.75) is 31.7 Å². The van der Waals surface area contributed by atoms with Gasteiger partial charge >= 0.3 is 11.9 Å². The Balaban J connectivity index is 2.68. The molecule has 2 atom stereocenters. The van der Waals surface area contributed by atoms with E-state index in [1.165, 1.54) is 14.2 Å². The lowest BCUT2D eigenvalue weighted by molar-refractivity contribution is -0.158. The number of halogens is 1. The Morgan fingerprint density at radius 3 is 2.07 bits per heavy atom. The number of methoxy groups -OCH3 is 2. The van der Waals surface area contributed by atoms with Gasteiger partial charge in [0.25, 0.3) is 5.91 Å². The minimum atomic E-state index is -1.68. The van der Waals surface area contributed by atoms with E-state index in [0.717, 1.165) is 0 Å². The van der Waals surface area contributed by atoms with Gasteiger partial charge in [-0.25, -0.2) is 4.79 Å². The van der Waals surface area contributed by atoms with Crippen LogP contribution in [0, 0.1) is 5.92 Å². The van der Waals surface area contributed by atoms with E-state index in [2.05, 4.69) is 5.32 Å². The molecule has 2 aromatic rings. The summed E-state index contributed by atoms with van der Waals surface area (Å²) < 4.78 is 10.1. The average Bonchev–Trinajstić information content (AvgIpc) is 2.74. The number of amides is 1. The number of benzene rings is 2. The van der Waals surface area contributed by atoms with Crippen molar-refractivity contribution in [2.75, 3.05) is 14.2 Å². The molecule has 0 saturated heterocycles. The highest BCUT2D eigenvalue weighted by molar-refractivity contribution is 6.30. The van der Waals surface area contributed by atoms with Crippen LogP contribution < -0.4 is 5.32 Å². The Hall–Kier alpha value is -2.86. The highest BCUT2D eigenvalue weighted by Gasteiger charge is 2.53. The van der Waals surface area contributed by atoms with Crippen LogP contribution in [0.2, 0.25) is 5.02 Å². The molecular formula is C23H26ClNO5. The summed E-state index contributed by atoms with van der Waals surface area (Å²) in [6.45, 7) is 3.78. The van der Waals surface area contributed by atoms with Gasteiger partial charge in [0.15, 0.2) is 5.54 Å². The number of hydrogen-bond donors (Lipinski definition) is 1. The summed E-state index contributed by atoms with van der Waals surface area (Å²) in [5, 5.41) is 3.29. The fourth-order valence-electron chi connectivity index (χ4n) is 3.58. The maximum Gasteiger partial charge on any atom is 0.332 e. The van der Waals surface area contributed by atoms with Crippen LogP contribution in [-0.2, 0) is 19.1 Å². The molecule has 0 aliphatic heterocycles. The van der Waals surface area contributed by atoms with Crippen LogP contribution in [0.25, 0.3) is 0 Å². The van der Waals surface area contributed by atoms with Gasteiger partial charge in [-0.05, 0) is 42.2 Å². The van der Waals surface area contributed by atoms with Crippen molar-refractivity contribution in [3.8, 4) is 0 Å². The van der Waals surface area contributed by atoms with Crippen LogP contribution >= 0.6 is 11.6 Å². The molecule has 0 radical (unpaired) electrons. The molecule has 0 heterocycles. The molecule has 0 aliphatic carbocycles. The topological polar surface area (TPSA) is 81.7 Å². The summed E-state index contributed by atoms with van der Waals surface area (Å²) >= 11 is 6.01. The number of carbonyl (C=O) groups excluding carboxylic acids is 3. The second kappa shape index (κ2) is 10.3. The van der Waals surface area contributed by atoms with E-state index in [1.54, 1.807) is 54.6 Å². The number of hydrogen-bond acceptors (Lipinski definition) is 5. The fraction of sp³-hybridized carbons (Fsp3) is 0.348. The third kappa shape index (κ3) is 5.19. The first-order valence-corrected chi connectivity index (χ1v) is 9.92. The third-order valence-corrected chi connectivity index (χ3v) is 5.04. The summed E-state index contributed by atoms with van der Waals surface area (Å²) in [5.74, 6) is -3.09. The summed E-state index contributed by atoms with van der Waals surface area (Å²) in [6.07, 6.45) is 0.153. The molecule has 1 N–H and O–H groups in total. The largest absolute Gasteiger partial charge is 0.468 e. The molecule has 1 amide bonds. The molecule has 2 aromatic carbocycles. The lowest BCUT2D eigenvalue weighted by atomic mass is 9.73. The zero-order chi connectivity index (χ0) is 22.3. The molecule has 0 spiro atoms. The van der Waals surface area contributed by atoms with Gasteiger partial charge in [-0.2, -0.15) is 0 Å². The van der Waals surface area contributed by atoms with E-state index in [1.807, 2.05) is 13.8 Å².